The second-order valence-electron chi connectivity index (χ2n) is 5.62. The molecule has 1 N–H and O–H groups in total. The lowest BCUT2D eigenvalue weighted by Crippen LogP contribution is -2.21. The highest BCUT2D eigenvalue weighted by atomic mass is 16.1. The van der Waals surface area contributed by atoms with Crippen LogP contribution >= 0.6 is 0 Å². The summed E-state index contributed by atoms with van der Waals surface area (Å²) in [6.07, 6.45) is 0. The van der Waals surface area contributed by atoms with Crippen LogP contribution in [0.5, 0.6) is 0 Å². The Morgan fingerprint density at radius 3 is 2.17 bits per heavy atom. The predicted molar refractivity (Wildman–Crippen MR) is 98.7 cm³/mol. The molecule has 23 heavy (non-hydrogen) atoms. The molecule has 122 valence electrons. The Balaban J connectivity index is 2.10. The number of hydrogen-bond acceptors (Lipinski definition) is 3. The molecule has 2 aromatic rings. The molecular weight excluding hydrogens is 286 g/mol. The molecule has 4 heteroatoms. The first-order chi connectivity index (χ1) is 11.0. The zero-order valence-corrected chi connectivity index (χ0v) is 14.3. The maximum absolute atomic E-state index is 12.4. The van der Waals surface area contributed by atoms with E-state index in [1.54, 1.807) is 0 Å². The van der Waals surface area contributed by atoms with Crippen LogP contribution in [0.3, 0.4) is 0 Å². The van der Waals surface area contributed by atoms with E-state index in [-0.39, 0.29) is 5.91 Å². The van der Waals surface area contributed by atoms with E-state index in [1.807, 2.05) is 67.5 Å². The molecular formula is C19H25N3O. The van der Waals surface area contributed by atoms with Gasteiger partial charge in [0.05, 0.1) is 0 Å². The van der Waals surface area contributed by atoms with Crippen molar-refractivity contribution in [3.05, 3.63) is 54.1 Å². The van der Waals surface area contributed by atoms with Gasteiger partial charge in [0, 0.05) is 49.8 Å². The lowest BCUT2D eigenvalue weighted by atomic mass is 10.1. The number of benzene rings is 2. The molecule has 0 aliphatic carbocycles. The Morgan fingerprint density at radius 2 is 1.61 bits per heavy atom. The summed E-state index contributed by atoms with van der Waals surface area (Å²) in [6, 6.07) is 15.6. The lowest BCUT2D eigenvalue weighted by molar-refractivity contribution is 0.102. The molecule has 0 atom stereocenters. The highest BCUT2D eigenvalue weighted by Gasteiger charge is 2.08. The van der Waals surface area contributed by atoms with Gasteiger partial charge in [0.1, 0.15) is 0 Å². The minimum Gasteiger partial charge on any atom is -0.378 e. The number of nitrogens with zero attached hydrogens (tertiary/aromatic N) is 2. The van der Waals surface area contributed by atoms with E-state index in [9.17, 15) is 4.79 Å². The summed E-state index contributed by atoms with van der Waals surface area (Å²) in [7, 11) is 3.92. The number of amides is 1. The number of rotatable bonds is 6. The van der Waals surface area contributed by atoms with Gasteiger partial charge in [0.25, 0.3) is 5.91 Å². The molecule has 0 spiro atoms. The topological polar surface area (TPSA) is 35.6 Å². The molecule has 0 fully saturated rings. The average Bonchev–Trinajstić information content (AvgIpc) is 2.57. The van der Waals surface area contributed by atoms with Crippen LogP contribution < -0.4 is 15.1 Å². The summed E-state index contributed by atoms with van der Waals surface area (Å²) in [5.41, 5.74) is 3.64. The van der Waals surface area contributed by atoms with Gasteiger partial charge in [0.2, 0.25) is 0 Å². The van der Waals surface area contributed by atoms with E-state index in [4.69, 9.17) is 0 Å². The van der Waals surface area contributed by atoms with Gasteiger partial charge in [-0.15, -0.1) is 0 Å². The van der Waals surface area contributed by atoms with E-state index in [2.05, 4.69) is 24.1 Å². The summed E-state index contributed by atoms with van der Waals surface area (Å²) in [4.78, 5) is 16.6. The smallest absolute Gasteiger partial charge is 0.255 e. The molecule has 2 aromatic carbocycles. The minimum absolute atomic E-state index is 0.0933. The second kappa shape index (κ2) is 7.68. The van der Waals surface area contributed by atoms with E-state index in [0.29, 0.717) is 5.56 Å². The molecule has 0 unspecified atom stereocenters. The third-order valence-corrected chi connectivity index (χ3v) is 3.88. The zero-order chi connectivity index (χ0) is 16.8. The zero-order valence-electron chi connectivity index (χ0n) is 14.3. The number of anilines is 3. The summed E-state index contributed by atoms with van der Waals surface area (Å²) >= 11 is 0. The van der Waals surface area contributed by atoms with Crippen molar-refractivity contribution in [2.75, 3.05) is 42.3 Å². The van der Waals surface area contributed by atoms with Gasteiger partial charge in [-0.2, -0.15) is 0 Å². The van der Waals surface area contributed by atoms with Gasteiger partial charge in [-0.1, -0.05) is 6.07 Å². The number of carbonyl (C=O) groups excluding carboxylic acids is 1. The third kappa shape index (κ3) is 4.25. The Hall–Kier alpha value is -2.49. The van der Waals surface area contributed by atoms with Crippen LogP contribution in [0.15, 0.2) is 48.5 Å². The molecule has 1 amide bonds. The van der Waals surface area contributed by atoms with Crippen LogP contribution in [-0.4, -0.2) is 33.1 Å². The molecule has 0 heterocycles. The van der Waals surface area contributed by atoms with E-state index < -0.39 is 0 Å². The first-order valence-corrected chi connectivity index (χ1v) is 7.99. The summed E-state index contributed by atoms with van der Waals surface area (Å²) in [6.45, 7) is 6.22. The Morgan fingerprint density at radius 1 is 0.957 bits per heavy atom. The van der Waals surface area contributed by atoms with E-state index in [0.717, 1.165) is 24.5 Å². The van der Waals surface area contributed by atoms with Crippen molar-refractivity contribution in [2.24, 2.45) is 0 Å². The molecule has 0 aliphatic heterocycles. The normalized spacial score (nSPS) is 10.3. The van der Waals surface area contributed by atoms with Gasteiger partial charge in [-0.05, 0) is 56.3 Å². The van der Waals surface area contributed by atoms with E-state index >= 15 is 0 Å². The number of carbonyl (C=O) groups is 1. The van der Waals surface area contributed by atoms with Crippen molar-refractivity contribution in [3.63, 3.8) is 0 Å². The van der Waals surface area contributed by atoms with Crippen LogP contribution in [0.25, 0.3) is 0 Å². The number of hydrogen-bond donors (Lipinski definition) is 1. The highest BCUT2D eigenvalue weighted by molar-refractivity contribution is 6.04. The van der Waals surface area contributed by atoms with Crippen LogP contribution in [0.2, 0.25) is 0 Å². The Labute approximate surface area is 138 Å². The molecule has 2 rings (SSSR count). The van der Waals surface area contributed by atoms with Crippen molar-refractivity contribution in [1.82, 2.24) is 0 Å². The maximum Gasteiger partial charge on any atom is 0.255 e. The van der Waals surface area contributed by atoms with E-state index in [1.165, 1.54) is 5.69 Å². The summed E-state index contributed by atoms with van der Waals surface area (Å²) in [5.74, 6) is -0.0933. The van der Waals surface area contributed by atoms with Crippen molar-refractivity contribution in [3.8, 4) is 0 Å². The van der Waals surface area contributed by atoms with Crippen LogP contribution in [-0.2, 0) is 0 Å². The molecule has 0 saturated carbocycles. The predicted octanol–water partition coefficient (Wildman–Crippen LogP) is 3.85. The number of nitrogens with one attached hydrogen (secondary N) is 1. The summed E-state index contributed by atoms with van der Waals surface area (Å²) < 4.78 is 0. The molecule has 0 aliphatic rings. The van der Waals surface area contributed by atoms with Gasteiger partial charge in [-0.3, -0.25) is 4.79 Å². The van der Waals surface area contributed by atoms with Crippen LogP contribution in [0.1, 0.15) is 24.2 Å². The standard InChI is InChI=1S/C19H25N3O/c1-5-22(6-2)17-12-10-16(11-13-17)20-19(23)15-8-7-9-18(14-15)21(3)4/h7-14H,5-6H2,1-4H3,(H,20,23). The van der Waals surface area contributed by atoms with Crippen LogP contribution in [0.4, 0.5) is 17.1 Å². The third-order valence-electron chi connectivity index (χ3n) is 3.88. The monoisotopic (exact) mass is 311 g/mol. The van der Waals surface area contributed by atoms with Crippen molar-refractivity contribution >= 4 is 23.0 Å². The van der Waals surface area contributed by atoms with Crippen molar-refractivity contribution in [1.29, 1.82) is 0 Å². The molecule has 0 saturated heterocycles. The fourth-order valence-corrected chi connectivity index (χ4v) is 2.47. The fraction of sp³-hybridized carbons (Fsp3) is 0.316. The molecule has 4 nitrogen and oxygen atoms in total. The summed E-state index contributed by atoms with van der Waals surface area (Å²) in [5, 5.41) is 2.95. The quantitative estimate of drug-likeness (QED) is 0.880. The minimum atomic E-state index is -0.0933. The average molecular weight is 311 g/mol. The first-order valence-electron chi connectivity index (χ1n) is 7.99. The lowest BCUT2D eigenvalue weighted by Gasteiger charge is -2.21. The second-order valence-corrected chi connectivity index (χ2v) is 5.62. The van der Waals surface area contributed by atoms with Crippen molar-refractivity contribution < 1.29 is 4.79 Å². The van der Waals surface area contributed by atoms with Gasteiger partial charge in [-0.25, -0.2) is 0 Å². The highest BCUT2D eigenvalue weighted by Crippen LogP contribution is 2.19. The molecule has 0 bridgehead atoms. The van der Waals surface area contributed by atoms with Crippen molar-refractivity contribution in [2.45, 2.75) is 13.8 Å². The fourth-order valence-electron chi connectivity index (χ4n) is 2.47. The largest absolute Gasteiger partial charge is 0.378 e. The maximum atomic E-state index is 12.4. The Bertz CT molecular complexity index is 646. The van der Waals surface area contributed by atoms with Gasteiger partial charge < -0.3 is 15.1 Å². The van der Waals surface area contributed by atoms with Crippen LogP contribution in [0, 0.1) is 0 Å². The molecule has 0 radical (unpaired) electrons. The SMILES string of the molecule is CCN(CC)c1ccc(NC(=O)c2cccc(N(C)C)c2)cc1. The van der Waals surface area contributed by atoms with Gasteiger partial charge in [0.15, 0.2) is 0 Å². The Kier molecular flexibility index (Phi) is 5.63. The first kappa shape index (κ1) is 16.9. The van der Waals surface area contributed by atoms with Gasteiger partial charge >= 0.3 is 0 Å². The molecule has 0 aromatic heterocycles.